The lowest BCUT2D eigenvalue weighted by molar-refractivity contribution is 0.0657. The van der Waals surface area contributed by atoms with Crippen molar-refractivity contribution in [3.8, 4) is 5.75 Å². The van der Waals surface area contributed by atoms with E-state index >= 15 is 0 Å². The first-order chi connectivity index (χ1) is 12.0. The monoisotopic (exact) mass is 347 g/mol. The van der Waals surface area contributed by atoms with Crippen LogP contribution in [0.2, 0.25) is 0 Å². The summed E-state index contributed by atoms with van der Waals surface area (Å²) in [7, 11) is 0. The molecule has 25 heavy (non-hydrogen) atoms. The summed E-state index contributed by atoms with van der Waals surface area (Å²) < 4.78 is 28.0. The van der Waals surface area contributed by atoms with Crippen LogP contribution in [0.25, 0.3) is 0 Å². The van der Waals surface area contributed by atoms with Gasteiger partial charge in [-0.1, -0.05) is 30.3 Å². The molecule has 1 aliphatic rings. The zero-order chi connectivity index (χ0) is 18.0. The van der Waals surface area contributed by atoms with E-state index in [4.69, 9.17) is 0 Å². The molecule has 1 saturated heterocycles. The van der Waals surface area contributed by atoms with Crippen LogP contribution in [0, 0.1) is 11.6 Å². The fourth-order valence-electron chi connectivity index (χ4n) is 3.30. The molecule has 1 heterocycles. The molecule has 0 aliphatic carbocycles. The molecule has 3 rings (SSSR count). The Morgan fingerprint density at radius 2 is 1.92 bits per heavy atom. The average molecular weight is 347 g/mol. The quantitative estimate of drug-likeness (QED) is 0.891. The number of hydrogen-bond donors (Lipinski definition) is 2. The highest BCUT2D eigenvalue weighted by Crippen LogP contribution is 2.31. The molecule has 6 heteroatoms. The van der Waals surface area contributed by atoms with E-state index in [1.165, 1.54) is 4.90 Å². The number of phenolic OH excluding ortho intramolecular Hbond substituents is 1. The summed E-state index contributed by atoms with van der Waals surface area (Å²) in [6.07, 6.45) is 0.869. The van der Waals surface area contributed by atoms with E-state index in [2.05, 4.69) is 0 Å². The minimum absolute atomic E-state index is 0.289. The molecular weight excluding hydrogens is 328 g/mol. The fourth-order valence-corrected chi connectivity index (χ4v) is 3.30. The molecule has 0 aromatic heterocycles. The first-order valence-corrected chi connectivity index (χ1v) is 8.20. The Balaban J connectivity index is 1.80. The SMILES string of the molecule is O=C(c1c(F)ccc(O)c1F)N1CCC[C@H]1C[C@H](O)c1ccccc1. The van der Waals surface area contributed by atoms with Gasteiger partial charge in [0.05, 0.1) is 6.10 Å². The number of nitrogens with zero attached hydrogens (tertiary/aromatic N) is 1. The number of carbonyl (C=O) groups is 1. The Bertz CT molecular complexity index is 767. The first kappa shape index (κ1) is 17.4. The van der Waals surface area contributed by atoms with Gasteiger partial charge in [0.15, 0.2) is 11.6 Å². The summed E-state index contributed by atoms with van der Waals surface area (Å²) in [5.74, 6) is -3.81. The van der Waals surface area contributed by atoms with Crippen molar-refractivity contribution in [3.05, 3.63) is 65.2 Å². The normalized spacial score (nSPS) is 18.4. The fraction of sp³-hybridized carbons (Fsp3) is 0.316. The molecule has 0 bridgehead atoms. The molecule has 2 atom stereocenters. The average Bonchev–Trinajstić information content (AvgIpc) is 3.07. The van der Waals surface area contributed by atoms with Gasteiger partial charge in [-0.05, 0) is 37.0 Å². The summed E-state index contributed by atoms with van der Waals surface area (Å²) in [4.78, 5) is 14.0. The molecular formula is C19H19F2NO3. The Kier molecular flexibility index (Phi) is 4.99. The Labute approximate surface area is 144 Å². The lowest BCUT2D eigenvalue weighted by Gasteiger charge is -2.27. The lowest BCUT2D eigenvalue weighted by atomic mass is 10.00. The predicted octanol–water partition coefficient (Wildman–Crippen LogP) is 3.40. The van der Waals surface area contributed by atoms with Gasteiger partial charge in [0.25, 0.3) is 5.91 Å². The van der Waals surface area contributed by atoms with Crippen LogP contribution in [-0.4, -0.2) is 33.6 Å². The van der Waals surface area contributed by atoms with Crippen molar-refractivity contribution in [2.45, 2.75) is 31.4 Å². The molecule has 2 aromatic carbocycles. The number of benzene rings is 2. The number of halogens is 2. The zero-order valence-corrected chi connectivity index (χ0v) is 13.5. The van der Waals surface area contributed by atoms with Gasteiger partial charge in [-0.25, -0.2) is 8.78 Å². The van der Waals surface area contributed by atoms with Gasteiger partial charge >= 0.3 is 0 Å². The maximum Gasteiger partial charge on any atom is 0.260 e. The first-order valence-electron chi connectivity index (χ1n) is 8.20. The van der Waals surface area contributed by atoms with Crippen LogP contribution in [0.1, 0.15) is 41.3 Å². The third kappa shape index (κ3) is 3.49. The molecule has 1 aliphatic heterocycles. The molecule has 1 amide bonds. The van der Waals surface area contributed by atoms with Crippen LogP contribution in [-0.2, 0) is 0 Å². The Morgan fingerprint density at radius 1 is 1.20 bits per heavy atom. The summed E-state index contributed by atoms with van der Waals surface area (Å²) >= 11 is 0. The zero-order valence-electron chi connectivity index (χ0n) is 13.5. The van der Waals surface area contributed by atoms with Crippen LogP contribution in [0.5, 0.6) is 5.75 Å². The maximum absolute atomic E-state index is 14.0. The third-order valence-electron chi connectivity index (χ3n) is 4.60. The van der Waals surface area contributed by atoms with Crippen molar-refractivity contribution >= 4 is 5.91 Å². The lowest BCUT2D eigenvalue weighted by Crippen LogP contribution is -2.37. The number of rotatable bonds is 4. The number of aliphatic hydroxyl groups is 1. The third-order valence-corrected chi connectivity index (χ3v) is 4.60. The van der Waals surface area contributed by atoms with E-state index in [9.17, 15) is 23.8 Å². The minimum Gasteiger partial charge on any atom is -0.505 e. The van der Waals surface area contributed by atoms with Gasteiger partial charge in [-0.3, -0.25) is 4.79 Å². The van der Waals surface area contributed by atoms with Gasteiger partial charge in [-0.15, -0.1) is 0 Å². The Morgan fingerprint density at radius 3 is 2.64 bits per heavy atom. The largest absolute Gasteiger partial charge is 0.505 e. The van der Waals surface area contributed by atoms with Crippen molar-refractivity contribution in [2.24, 2.45) is 0 Å². The van der Waals surface area contributed by atoms with E-state index in [0.717, 1.165) is 17.7 Å². The highest BCUT2D eigenvalue weighted by atomic mass is 19.1. The van der Waals surface area contributed by atoms with Gasteiger partial charge in [0, 0.05) is 12.6 Å². The number of likely N-dealkylation sites (tertiary alicyclic amines) is 1. The second-order valence-electron chi connectivity index (χ2n) is 6.21. The Hall–Kier alpha value is -2.47. The summed E-state index contributed by atoms with van der Waals surface area (Å²) in [5.41, 5.74) is -0.0161. The molecule has 4 nitrogen and oxygen atoms in total. The van der Waals surface area contributed by atoms with Crippen molar-refractivity contribution in [3.63, 3.8) is 0 Å². The molecule has 0 saturated carbocycles. The van der Waals surface area contributed by atoms with Crippen LogP contribution >= 0.6 is 0 Å². The molecule has 0 radical (unpaired) electrons. The standard InChI is InChI=1S/C19H19F2NO3/c20-14-8-9-15(23)18(21)17(14)19(25)22-10-4-7-13(22)11-16(24)12-5-2-1-3-6-12/h1-3,5-6,8-9,13,16,23-24H,4,7,10-11H2/t13-,16-/m0/s1. The van der Waals surface area contributed by atoms with E-state index in [1.807, 2.05) is 18.2 Å². The van der Waals surface area contributed by atoms with Crippen LogP contribution in [0.15, 0.2) is 42.5 Å². The van der Waals surface area contributed by atoms with Crippen LogP contribution in [0.4, 0.5) is 8.78 Å². The van der Waals surface area contributed by atoms with Gasteiger partial charge in [-0.2, -0.15) is 0 Å². The number of aliphatic hydroxyl groups excluding tert-OH is 1. The molecule has 0 unspecified atom stereocenters. The predicted molar refractivity (Wildman–Crippen MR) is 88.1 cm³/mol. The second-order valence-corrected chi connectivity index (χ2v) is 6.21. The number of phenols is 1. The number of hydrogen-bond acceptors (Lipinski definition) is 3. The van der Waals surface area contributed by atoms with Crippen molar-refractivity contribution < 1.29 is 23.8 Å². The minimum atomic E-state index is -1.25. The molecule has 1 fully saturated rings. The number of carbonyl (C=O) groups excluding carboxylic acids is 1. The highest BCUT2D eigenvalue weighted by molar-refractivity contribution is 5.95. The van der Waals surface area contributed by atoms with Gasteiger partial charge < -0.3 is 15.1 Å². The van der Waals surface area contributed by atoms with Crippen molar-refractivity contribution in [1.29, 1.82) is 0 Å². The van der Waals surface area contributed by atoms with Crippen LogP contribution in [0.3, 0.4) is 0 Å². The van der Waals surface area contributed by atoms with Crippen molar-refractivity contribution in [1.82, 2.24) is 4.90 Å². The van der Waals surface area contributed by atoms with E-state index < -0.39 is 35.0 Å². The molecule has 2 N–H and O–H groups in total. The summed E-state index contributed by atoms with van der Waals surface area (Å²) in [6, 6.07) is 10.5. The topological polar surface area (TPSA) is 60.8 Å². The summed E-state index contributed by atoms with van der Waals surface area (Å²) in [6.45, 7) is 0.361. The molecule has 132 valence electrons. The van der Waals surface area contributed by atoms with E-state index in [-0.39, 0.29) is 12.5 Å². The number of aromatic hydroxyl groups is 1. The molecule has 0 spiro atoms. The van der Waals surface area contributed by atoms with E-state index in [1.54, 1.807) is 12.1 Å². The highest BCUT2D eigenvalue weighted by Gasteiger charge is 2.34. The molecule has 2 aromatic rings. The maximum atomic E-state index is 14.0. The van der Waals surface area contributed by atoms with Gasteiger partial charge in [0.2, 0.25) is 0 Å². The number of amides is 1. The summed E-state index contributed by atoms with van der Waals surface area (Å²) in [5, 5.41) is 19.8. The van der Waals surface area contributed by atoms with Gasteiger partial charge in [0.1, 0.15) is 11.4 Å². The smallest absolute Gasteiger partial charge is 0.260 e. The van der Waals surface area contributed by atoms with Crippen molar-refractivity contribution in [2.75, 3.05) is 6.54 Å². The van der Waals surface area contributed by atoms with Crippen LogP contribution < -0.4 is 0 Å². The van der Waals surface area contributed by atoms with E-state index in [0.29, 0.717) is 19.4 Å². The second kappa shape index (κ2) is 7.19.